The maximum Gasteiger partial charge on any atom is 0.269 e. The second-order valence-electron chi connectivity index (χ2n) is 7.62. The van der Waals surface area contributed by atoms with Crippen molar-refractivity contribution in [1.82, 2.24) is 4.31 Å². The first-order valence-electron chi connectivity index (χ1n) is 10.1. The first-order valence-corrected chi connectivity index (χ1v) is 11.5. The number of anilines is 1. The van der Waals surface area contributed by atoms with E-state index in [4.69, 9.17) is 0 Å². The van der Waals surface area contributed by atoms with Gasteiger partial charge in [-0.25, -0.2) is 8.42 Å². The zero-order chi connectivity index (χ0) is 21.3. The maximum atomic E-state index is 13.1. The molecule has 0 aliphatic carbocycles. The van der Waals surface area contributed by atoms with Crippen LogP contribution in [0.3, 0.4) is 0 Å². The molecular weight excluding hydrogens is 406 g/mol. The summed E-state index contributed by atoms with van der Waals surface area (Å²) in [4.78, 5) is 25.3. The topological polar surface area (TPSA) is 101 Å². The highest BCUT2D eigenvalue weighted by Gasteiger charge is 2.29. The fourth-order valence-corrected chi connectivity index (χ4v) is 5.65. The summed E-state index contributed by atoms with van der Waals surface area (Å²) in [6, 6.07) is 10.6. The Labute approximate surface area is 175 Å². The Morgan fingerprint density at radius 1 is 0.967 bits per heavy atom. The molecule has 0 radical (unpaired) electrons. The van der Waals surface area contributed by atoms with Crippen LogP contribution in [0.5, 0.6) is 0 Å². The van der Waals surface area contributed by atoms with E-state index >= 15 is 0 Å². The fraction of sp³-hybridized carbons (Fsp3) is 0.381. The van der Waals surface area contributed by atoms with Crippen LogP contribution in [0.4, 0.5) is 11.4 Å². The minimum Gasteiger partial charge on any atom is -0.308 e. The van der Waals surface area contributed by atoms with Gasteiger partial charge in [-0.3, -0.25) is 14.9 Å². The Bertz CT molecular complexity index is 1090. The number of hydrogen-bond acceptors (Lipinski definition) is 5. The molecule has 2 heterocycles. The van der Waals surface area contributed by atoms with Crippen LogP contribution in [-0.2, 0) is 16.4 Å². The first kappa shape index (κ1) is 20.5. The lowest BCUT2D eigenvalue weighted by molar-refractivity contribution is -0.384. The van der Waals surface area contributed by atoms with Crippen molar-refractivity contribution in [3.8, 4) is 0 Å². The van der Waals surface area contributed by atoms with Gasteiger partial charge in [-0.2, -0.15) is 4.31 Å². The summed E-state index contributed by atoms with van der Waals surface area (Å²) in [6.07, 6.45) is 4.26. The highest BCUT2D eigenvalue weighted by Crippen LogP contribution is 2.32. The molecular formula is C21H23N3O5S. The monoisotopic (exact) mass is 429 g/mol. The van der Waals surface area contributed by atoms with E-state index < -0.39 is 14.9 Å². The molecule has 158 valence electrons. The lowest BCUT2D eigenvalue weighted by Crippen LogP contribution is -2.32. The van der Waals surface area contributed by atoms with Crippen molar-refractivity contribution >= 4 is 27.3 Å². The molecule has 0 N–H and O–H groups in total. The molecule has 0 spiro atoms. The number of nitrogens with zero attached hydrogens (tertiary/aromatic N) is 3. The molecule has 2 aromatic carbocycles. The van der Waals surface area contributed by atoms with Crippen molar-refractivity contribution < 1.29 is 18.1 Å². The van der Waals surface area contributed by atoms with Crippen molar-refractivity contribution in [1.29, 1.82) is 0 Å². The van der Waals surface area contributed by atoms with Gasteiger partial charge in [0.05, 0.1) is 9.82 Å². The summed E-state index contributed by atoms with van der Waals surface area (Å²) in [5.41, 5.74) is 1.66. The van der Waals surface area contributed by atoms with E-state index in [0.717, 1.165) is 31.2 Å². The quantitative estimate of drug-likeness (QED) is 0.548. The van der Waals surface area contributed by atoms with Crippen LogP contribution in [0.1, 0.15) is 41.6 Å². The smallest absolute Gasteiger partial charge is 0.269 e. The summed E-state index contributed by atoms with van der Waals surface area (Å²) in [6.45, 7) is 1.40. The lowest BCUT2D eigenvalue weighted by Gasteiger charge is -2.21. The average Bonchev–Trinajstić information content (AvgIpc) is 2.96. The molecule has 0 atom stereocenters. The summed E-state index contributed by atoms with van der Waals surface area (Å²) < 4.78 is 27.7. The van der Waals surface area contributed by atoms with Gasteiger partial charge in [-0.15, -0.1) is 0 Å². The van der Waals surface area contributed by atoms with Crippen molar-refractivity contribution in [2.45, 2.75) is 37.0 Å². The second-order valence-corrected chi connectivity index (χ2v) is 9.56. The van der Waals surface area contributed by atoms with E-state index in [9.17, 15) is 23.3 Å². The number of benzene rings is 2. The third kappa shape index (κ3) is 3.82. The van der Waals surface area contributed by atoms with Gasteiger partial charge in [0.2, 0.25) is 10.0 Å². The summed E-state index contributed by atoms with van der Waals surface area (Å²) in [5, 5.41) is 11.0. The highest BCUT2D eigenvalue weighted by atomic mass is 32.2. The van der Waals surface area contributed by atoms with Crippen molar-refractivity contribution in [3.05, 3.63) is 63.7 Å². The SMILES string of the molecule is O=C(c1cccc(S(=O)(=O)N2CCCCCC2)c1)N1CCc2cc([N+](=O)[O-])ccc21. The van der Waals surface area contributed by atoms with E-state index in [-0.39, 0.29) is 22.1 Å². The second kappa shape index (κ2) is 8.16. The van der Waals surface area contributed by atoms with Gasteiger partial charge < -0.3 is 4.90 Å². The number of nitro benzene ring substituents is 1. The Morgan fingerprint density at radius 2 is 1.70 bits per heavy atom. The van der Waals surface area contributed by atoms with E-state index in [1.807, 2.05) is 0 Å². The number of non-ortho nitro benzene ring substituents is 1. The number of nitro groups is 1. The van der Waals surface area contributed by atoms with E-state index in [2.05, 4.69) is 0 Å². The molecule has 1 saturated heterocycles. The molecule has 1 fully saturated rings. The minimum absolute atomic E-state index is 0.00594. The number of rotatable bonds is 4. The van der Waals surface area contributed by atoms with Crippen LogP contribution in [0, 0.1) is 10.1 Å². The van der Waals surface area contributed by atoms with Gasteiger partial charge >= 0.3 is 0 Å². The first-order chi connectivity index (χ1) is 14.4. The number of fused-ring (bicyclic) bond motifs is 1. The minimum atomic E-state index is -3.65. The molecule has 0 bridgehead atoms. The lowest BCUT2D eigenvalue weighted by atomic mass is 10.1. The van der Waals surface area contributed by atoms with Crippen LogP contribution >= 0.6 is 0 Å². The predicted molar refractivity (Wildman–Crippen MR) is 112 cm³/mol. The average molecular weight is 429 g/mol. The largest absolute Gasteiger partial charge is 0.308 e. The van der Waals surface area contributed by atoms with Gasteiger partial charge in [0.1, 0.15) is 0 Å². The molecule has 0 unspecified atom stereocenters. The van der Waals surface area contributed by atoms with Crippen LogP contribution in [0.15, 0.2) is 47.4 Å². The van der Waals surface area contributed by atoms with E-state index in [1.54, 1.807) is 23.1 Å². The van der Waals surface area contributed by atoms with E-state index in [0.29, 0.717) is 31.7 Å². The third-order valence-corrected chi connectivity index (χ3v) is 7.59. The Morgan fingerprint density at radius 3 is 2.40 bits per heavy atom. The van der Waals surface area contributed by atoms with Crippen LogP contribution in [0.25, 0.3) is 0 Å². The third-order valence-electron chi connectivity index (χ3n) is 5.70. The van der Waals surface area contributed by atoms with Gasteiger partial charge in [0.25, 0.3) is 11.6 Å². The van der Waals surface area contributed by atoms with Crippen LogP contribution < -0.4 is 4.90 Å². The van der Waals surface area contributed by atoms with Gasteiger partial charge in [0.15, 0.2) is 0 Å². The number of sulfonamides is 1. The Kier molecular flexibility index (Phi) is 5.57. The normalized spacial score (nSPS) is 17.4. The van der Waals surface area contributed by atoms with Gasteiger partial charge in [-0.1, -0.05) is 18.9 Å². The molecule has 1 amide bonds. The summed E-state index contributed by atoms with van der Waals surface area (Å²) in [5.74, 6) is -0.310. The zero-order valence-corrected chi connectivity index (χ0v) is 17.3. The number of carbonyl (C=O) groups is 1. The van der Waals surface area contributed by atoms with E-state index in [1.165, 1.54) is 28.6 Å². The van der Waals surface area contributed by atoms with Gasteiger partial charge in [0, 0.05) is 43.0 Å². The highest BCUT2D eigenvalue weighted by molar-refractivity contribution is 7.89. The van der Waals surface area contributed by atoms with Crippen molar-refractivity contribution in [3.63, 3.8) is 0 Å². The summed E-state index contributed by atoms with van der Waals surface area (Å²) in [7, 11) is -3.65. The maximum absolute atomic E-state index is 13.1. The Hall–Kier alpha value is -2.78. The standard InChI is InChI=1S/C21H23N3O5S/c25-21(23-13-10-16-14-18(24(26)27)8-9-20(16)23)17-6-5-7-19(15-17)30(28,29)22-11-3-1-2-4-12-22/h5-9,14-15H,1-4,10-13H2. The number of amides is 1. The summed E-state index contributed by atoms with van der Waals surface area (Å²) >= 11 is 0. The van der Waals surface area contributed by atoms with Gasteiger partial charge in [-0.05, 0) is 49.1 Å². The molecule has 30 heavy (non-hydrogen) atoms. The van der Waals surface area contributed by atoms with Crippen LogP contribution in [-0.4, -0.2) is 43.2 Å². The molecule has 4 rings (SSSR count). The zero-order valence-electron chi connectivity index (χ0n) is 16.5. The number of hydrogen-bond donors (Lipinski definition) is 0. The molecule has 2 aliphatic rings. The molecule has 9 heteroatoms. The molecule has 0 saturated carbocycles. The molecule has 2 aliphatic heterocycles. The van der Waals surface area contributed by atoms with Crippen molar-refractivity contribution in [2.75, 3.05) is 24.5 Å². The Balaban J connectivity index is 1.61. The molecule has 8 nitrogen and oxygen atoms in total. The number of carbonyl (C=O) groups excluding carboxylic acids is 1. The fourth-order valence-electron chi connectivity index (χ4n) is 4.09. The molecule has 2 aromatic rings. The van der Waals surface area contributed by atoms with Crippen LogP contribution in [0.2, 0.25) is 0 Å². The predicted octanol–water partition coefficient (Wildman–Crippen LogP) is 3.36. The van der Waals surface area contributed by atoms with Crippen molar-refractivity contribution in [2.24, 2.45) is 0 Å². The molecule has 0 aromatic heterocycles.